The molecular formula is C20H26N4O2. The van der Waals surface area contributed by atoms with Crippen LogP contribution in [0.1, 0.15) is 32.8 Å². The number of benzene rings is 1. The van der Waals surface area contributed by atoms with E-state index >= 15 is 0 Å². The fraction of sp³-hybridized carbons (Fsp3) is 0.450. The summed E-state index contributed by atoms with van der Waals surface area (Å²) >= 11 is 0. The van der Waals surface area contributed by atoms with Crippen LogP contribution in [0.25, 0.3) is 5.69 Å². The van der Waals surface area contributed by atoms with E-state index in [4.69, 9.17) is 0 Å². The molecule has 2 amide bonds. The second-order valence-corrected chi connectivity index (χ2v) is 7.14. The van der Waals surface area contributed by atoms with E-state index in [1.807, 2.05) is 43.5 Å². The Hall–Kier alpha value is -2.63. The van der Waals surface area contributed by atoms with E-state index in [0.717, 1.165) is 11.3 Å². The molecule has 1 saturated heterocycles. The Bertz CT molecular complexity index is 753. The van der Waals surface area contributed by atoms with Crippen molar-refractivity contribution in [3.63, 3.8) is 0 Å². The molecule has 1 aliphatic heterocycles. The van der Waals surface area contributed by atoms with Crippen molar-refractivity contribution in [1.29, 1.82) is 0 Å². The molecule has 6 heteroatoms. The number of amides is 2. The van der Waals surface area contributed by atoms with Crippen molar-refractivity contribution in [2.75, 3.05) is 13.1 Å². The molecule has 0 saturated carbocycles. The first-order valence-electron chi connectivity index (χ1n) is 9.16. The van der Waals surface area contributed by atoms with Crippen molar-refractivity contribution >= 4 is 11.8 Å². The van der Waals surface area contributed by atoms with Crippen LogP contribution in [0.5, 0.6) is 0 Å². The van der Waals surface area contributed by atoms with Gasteiger partial charge in [-0.3, -0.25) is 9.59 Å². The molecule has 1 aliphatic rings. The molecule has 6 nitrogen and oxygen atoms in total. The van der Waals surface area contributed by atoms with Crippen LogP contribution in [0.3, 0.4) is 0 Å². The molecule has 2 heterocycles. The van der Waals surface area contributed by atoms with Gasteiger partial charge in [-0.25, -0.2) is 4.68 Å². The van der Waals surface area contributed by atoms with Gasteiger partial charge in [0.1, 0.15) is 6.04 Å². The summed E-state index contributed by atoms with van der Waals surface area (Å²) in [7, 11) is 0. The lowest BCUT2D eigenvalue weighted by Crippen LogP contribution is -2.59. The molecular weight excluding hydrogens is 328 g/mol. The highest BCUT2D eigenvalue weighted by Crippen LogP contribution is 2.22. The molecule has 138 valence electrons. The zero-order valence-electron chi connectivity index (χ0n) is 15.6. The van der Waals surface area contributed by atoms with E-state index in [1.165, 1.54) is 0 Å². The molecule has 3 rings (SSSR count). The van der Waals surface area contributed by atoms with Crippen LogP contribution in [-0.4, -0.2) is 50.5 Å². The summed E-state index contributed by atoms with van der Waals surface area (Å²) in [5, 5.41) is 4.22. The molecule has 0 radical (unpaired) electrons. The maximum Gasteiger partial charge on any atom is 0.245 e. The van der Waals surface area contributed by atoms with Gasteiger partial charge in [-0.1, -0.05) is 26.0 Å². The van der Waals surface area contributed by atoms with Gasteiger partial charge >= 0.3 is 0 Å². The Labute approximate surface area is 154 Å². The normalized spacial score (nSPS) is 18.1. The van der Waals surface area contributed by atoms with Crippen LogP contribution in [0.4, 0.5) is 0 Å². The van der Waals surface area contributed by atoms with Crippen molar-refractivity contribution in [2.24, 2.45) is 5.92 Å². The van der Waals surface area contributed by atoms with Crippen molar-refractivity contribution < 1.29 is 9.59 Å². The summed E-state index contributed by atoms with van der Waals surface area (Å²) in [6.45, 7) is 7.29. The Morgan fingerprint density at radius 3 is 2.50 bits per heavy atom. The maximum atomic E-state index is 12.8. The van der Waals surface area contributed by atoms with Crippen LogP contribution >= 0.6 is 0 Å². The molecule has 1 aromatic carbocycles. The summed E-state index contributed by atoms with van der Waals surface area (Å²) in [4.78, 5) is 28.9. The number of piperazine rings is 1. The number of carbonyl (C=O) groups excluding carboxylic acids is 2. The fourth-order valence-electron chi connectivity index (χ4n) is 3.36. The van der Waals surface area contributed by atoms with Gasteiger partial charge in [0.15, 0.2) is 0 Å². The Balaban J connectivity index is 1.79. The SMILES string of the molecule is CCN1CC(=O)N(Cc2ccc(-n3cccn3)cc2)[C@@H](CC(C)C)C1=O. The summed E-state index contributed by atoms with van der Waals surface area (Å²) in [6.07, 6.45) is 4.31. The molecule has 1 aromatic heterocycles. The Morgan fingerprint density at radius 1 is 1.19 bits per heavy atom. The van der Waals surface area contributed by atoms with Crippen LogP contribution < -0.4 is 0 Å². The zero-order valence-corrected chi connectivity index (χ0v) is 15.6. The first kappa shape index (κ1) is 18.2. The molecule has 0 unspecified atom stereocenters. The zero-order chi connectivity index (χ0) is 18.7. The van der Waals surface area contributed by atoms with Crippen LogP contribution in [0.15, 0.2) is 42.7 Å². The number of hydrogen-bond acceptors (Lipinski definition) is 3. The predicted molar refractivity (Wildman–Crippen MR) is 99.6 cm³/mol. The highest BCUT2D eigenvalue weighted by Gasteiger charge is 2.38. The highest BCUT2D eigenvalue weighted by molar-refractivity contribution is 5.94. The van der Waals surface area contributed by atoms with E-state index < -0.39 is 0 Å². The van der Waals surface area contributed by atoms with Crippen molar-refractivity contribution in [2.45, 2.75) is 39.8 Å². The van der Waals surface area contributed by atoms with Crippen LogP contribution in [-0.2, 0) is 16.1 Å². The number of rotatable bonds is 6. The monoisotopic (exact) mass is 354 g/mol. The highest BCUT2D eigenvalue weighted by atomic mass is 16.2. The van der Waals surface area contributed by atoms with Crippen molar-refractivity contribution in [3.05, 3.63) is 48.3 Å². The summed E-state index contributed by atoms with van der Waals surface area (Å²) in [5.41, 5.74) is 1.98. The third kappa shape index (κ3) is 3.79. The van der Waals surface area contributed by atoms with Gasteiger partial charge in [-0.15, -0.1) is 0 Å². The Morgan fingerprint density at radius 2 is 1.92 bits per heavy atom. The minimum atomic E-state index is -0.373. The van der Waals surface area contributed by atoms with Crippen LogP contribution in [0, 0.1) is 5.92 Å². The first-order valence-corrected chi connectivity index (χ1v) is 9.16. The quantitative estimate of drug-likeness (QED) is 0.801. The average Bonchev–Trinajstić information content (AvgIpc) is 3.16. The van der Waals surface area contributed by atoms with E-state index in [2.05, 4.69) is 18.9 Å². The summed E-state index contributed by atoms with van der Waals surface area (Å²) < 4.78 is 1.79. The lowest BCUT2D eigenvalue weighted by atomic mass is 9.98. The number of likely N-dealkylation sites (N-methyl/N-ethyl adjacent to an activating group) is 1. The van der Waals surface area contributed by atoms with Gasteiger partial charge < -0.3 is 9.80 Å². The lowest BCUT2D eigenvalue weighted by molar-refractivity contribution is -0.157. The summed E-state index contributed by atoms with van der Waals surface area (Å²) in [5.74, 6) is 0.431. The smallest absolute Gasteiger partial charge is 0.245 e. The van der Waals surface area contributed by atoms with Crippen molar-refractivity contribution in [3.8, 4) is 5.69 Å². The molecule has 2 aromatic rings. The van der Waals surface area contributed by atoms with E-state index in [-0.39, 0.29) is 24.4 Å². The molecule has 0 N–H and O–H groups in total. The topological polar surface area (TPSA) is 58.4 Å². The van der Waals surface area contributed by atoms with Gasteiger partial charge in [0.25, 0.3) is 0 Å². The maximum absolute atomic E-state index is 12.8. The van der Waals surface area contributed by atoms with Gasteiger partial charge in [0.05, 0.1) is 12.2 Å². The third-order valence-electron chi connectivity index (χ3n) is 4.75. The summed E-state index contributed by atoms with van der Waals surface area (Å²) in [6, 6.07) is 9.45. The molecule has 0 bridgehead atoms. The first-order chi connectivity index (χ1) is 12.5. The van der Waals surface area contributed by atoms with E-state index in [9.17, 15) is 9.59 Å². The molecule has 0 aliphatic carbocycles. The van der Waals surface area contributed by atoms with Crippen molar-refractivity contribution in [1.82, 2.24) is 19.6 Å². The largest absolute Gasteiger partial charge is 0.332 e. The van der Waals surface area contributed by atoms with E-state index in [0.29, 0.717) is 25.4 Å². The third-order valence-corrected chi connectivity index (χ3v) is 4.75. The van der Waals surface area contributed by atoms with Gasteiger partial charge in [0.2, 0.25) is 11.8 Å². The van der Waals surface area contributed by atoms with Gasteiger partial charge in [-0.05, 0) is 43.0 Å². The van der Waals surface area contributed by atoms with Gasteiger partial charge in [0, 0.05) is 25.5 Å². The number of carbonyl (C=O) groups is 2. The molecule has 1 atom stereocenters. The number of aromatic nitrogens is 2. The number of hydrogen-bond donors (Lipinski definition) is 0. The molecule has 26 heavy (non-hydrogen) atoms. The Kier molecular flexibility index (Phi) is 5.40. The van der Waals surface area contributed by atoms with Crippen LogP contribution in [0.2, 0.25) is 0 Å². The second-order valence-electron chi connectivity index (χ2n) is 7.14. The molecule has 0 spiro atoms. The fourth-order valence-corrected chi connectivity index (χ4v) is 3.36. The number of nitrogens with zero attached hydrogens (tertiary/aromatic N) is 4. The minimum Gasteiger partial charge on any atom is -0.332 e. The molecule has 1 fully saturated rings. The van der Waals surface area contributed by atoms with Gasteiger partial charge in [-0.2, -0.15) is 5.10 Å². The average molecular weight is 354 g/mol. The minimum absolute atomic E-state index is 0.0215. The second kappa shape index (κ2) is 7.72. The standard InChI is InChI=1S/C20H26N4O2/c1-4-22-14-19(25)23(18(20(22)26)12-15(2)3)13-16-6-8-17(9-7-16)24-11-5-10-21-24/h5-11,15,18H,4,12-14H2,1-3H3/t18-/m0/s1. The predicted octanol–water partition coefficient (Wildman–Crippen LogP) is 2.48. The van der Waals surface area contributed by atoms with E-state index in [1.54, 1.807) is 20.7 Å². The lowest BCUT2D eigenvalue weighted by Gasteiger charge is -2.40.